The van der Waals surface area contributed by atoms with Gasteiger partial charge in [0, 0.05) is 29.2 Å². The maximum atomic E-state index is 5.92. The fourth-order valence-corrected chi connectivity index (χ4v) is 3.11. The normalized spacial score (nSPS) is 12.7. The second-order valence-corrected chi connectivity index (χ2v) is 6.09. The van der Waals surface area contributed by atoms with Crippen molar-refractivity contribution in [1.29, 1.82) is 0 Å². The molecular weight excluding hydrogens is 306 g/mol. The molecule has 0 radical (unpaired) electrons. The highest BCUT2D eigenvalue weighted by Crippen LogP contribution is 2.24. The van der Waals surface area contributed by atoms with Gasteiger partial charge in [0.25, 0.3) is 0 Å². The van der Waals surface area contributed by atoms with Crippen molar-refractivity contribution in [2.24, 2.45) is 0 Å². The molecule has 0 unspecified atom stereocenters. The summed E-state index contributed by atoms with van der Waals surface area (Å²) in [6.45, 7) is 2.81. The largest absolute Gasteiger partial charge is 0.480 e. The topological polar surface area (TPSA) is 38.6 Å². The Morgan fingerprint density at radius 1 is 1.38 bits per heavy atom. The number of imidazole rings is 1. The lowest BCUT2D eigenvalue weighted by atomic mass is 10.1. The first-order chi connectivity index (χ1) is 10.2. The van der Waals surface area contributed by atoms with E-state index >= 15 is 0 Å². The van der Waals surface area contributed by atoms with E-state index in [1.165, 1.54) is 5.56 Å². The number of nitrogens with zero attached hydrogens (tertiary/aromatic N) is 2. The molecule has 0 saturated carbocycles. The van der Waals surface area contributed by atoms with Gasteiger partial charge in [0.05, 0.1) is 7.11 Å². The number of rotatable bonds is 5. The maximum Gasteiger partial charge on any atom is 0.237 e. The second-order valence-electron chi connectivity index (χ2n) is 4.78. The number of thiazole rings is 1. The molecule has 4 nitrogen and oxygen atoms in total. The minimum absolute atomic E-state index is 0.219. The summed E-state index contributed by atoms with van der Waals surface area (Å²) < 4.78 is 7.42. The maximum absolute atomic E-state index is 5.92. The van der Waals surface area contributed by atoms with E-state index in [1.54, 1.807) is 18.4 Å². The average Bonchev–Trinajstić information content (AvgIpc) is 3.06. The summed E-state index contributed by atoms with van der Waals surface area (Å²) >= 11 is 7.52. The van der Waals surface area contributed by atoms with E-state index in [0.717, 1.165) is 15.7 Å². The van der Waals surface area contributed by atoms with Crippen molar-refractivity contribution >= 4 is 27.9 Å². The third kappa shape index (κ3) is 2.90. The molecule has 0 aliphatic heterocycles. The smallest absolute Gasteiger partial charge is 0.237 e. The Labute approximate surface area is 132 Å². The quantitative estimate of drug-likeness (QED) is 0.774. The van der Waals surface area contributed by atoms with Crippen LogP contribution in [-0.4, -0.2) is 16.5 Å². The Morgan fingerprint density at radius 2 is 2.14 bits per heavy atom. The van der Waals surface area contributed by atoms with Crippen LogP contribution in [0.3, 0.4) is 0 Å². The number of methoxy groups -OCH3 is 1. The molecule has 0 aliphatic rings. The molecule has 2 heterocycles. The number of halogens is 1. The van der Waals surface area contributed by atoms with Crippen molar-refractivity contribution in [2.75, 3.05) is 7.11 Å². The molecular formula is C15H16ClN3OS. The fraction of sp³-hybridized carbons (Fsp3) is 0.267. The Kier molecular flexibility index (Phi) is 4.14. The Morgan fingerprint density at radius 3 is 2.86 bits per heavy atom. The van der Waals surface area contributed by atoms with Gasteiger partial charge in [0.15, 0.2) is 4.96 Å². The van der Waals surface area contributed by atoms with E-state index in [0.29, 0.717) is 12.4 Å². The third-order valence-electron chi connectivity index (χ3n) is 3.46. The summed E-state index contributed by atoms with van der Waals surface area (Å²) in [6, 6.07) is 8.11. The van der Waals surface area contributed by atoms with Gasteiger partial charge in [-0.05, 0) is 24.6 Å². The van der Waals surface area contributed by atoms with Crippen LogP contribution in [0.4, 0.5) is 0 Å². The van der Waals surface area contributed by atoms with E-state index in [9.17, 15) is 0 Å². The van der Waals surface area contributed by atoms with E-state index < -0.39 is 0 Å². The average molecular weight is 322 g/mol. The predicted molar refractivity (Wildman–Crippen MR) is 86.3 cm³/mol. The Bertz CT molecular complexity index is 735. The molecule has 0 bridgehead atoms. The van der Waals surface area contributed by atoms with E-state index in [4.69, 9.17) is 16.3 Å². The fourth-order valence-electron chi connectivity index (χ4n) is 2.26. The zero-order chi connectivity index (χ0) is 14.8. The first-order valence-corrected chi connectivity index (χ1v) is 7.92. The van der Waals surface area contributed by atoms with Gasteiger partial charge in [-0.2, -0.15) is 4.98 Å². The van der Waals surface area contributed by atoms with Crippen molar-refractivity contribution in [3.8, 4) is 5.88 Å². The van der Waals surface area contributed by atoms with Gasteiger partial charge in [-0.25, -0.2) is 0 Å². The summed E-state index contributed by atoms with van der Waals surface area (Å²) in [5.41, 5.74) is 2.24. The van der Waals surface area contributed by atoms with Crippen molar-refractivity contribution in [3.63, 3.8) is 0 Å². The van der Waals surface area contributed by atoms with E-state index in [2.05, 4.69) is 21.6 Å². The molecule has 21 heavy (non-hydrogen) atoms. The lowest BCUT2D eigenvalue weighted by Crippen LogP contribution is -2.19. The summed E-state index contributed by atoms with van der Waals surface area (Å²) in [5.74, 6) is 0.678. The molecule has 0 spiro atoms. The highest BCUT2D eigenvalue weighted by molar-refractivity contribution is 7.15. The molecule has 0 aliphatic carbocycles. The van der Waals surface area contributed by atoms with Crippen molar-refractivity contribution in [2.45, 2.75) is 19.5 Å². The van der Waals surface area contributed by atoms with Gasteiger partial charge in [-0.1, -0.05) is 23.7 Å². The third-order valence-corrected chi connectivity index (χ3v) is 4.47. The van der Waals surface area contributed by atoms with E-state index in [-0.39, 0.29) is 6.04 Å². The first-order valence-electron chi connectivity index (χ1n) is 6.66. The zero-order valence-electron chi connectivity index (χ0n) is 11.8. The van der Waals surface area contributed by atoms with Crippen LogP contribution in [0.1, 0.15) is 24.2 Å². The van der Waals surface area contributed by atoms with Crippen LogP contribution in [0, 0.1) is 0 Å². The number of hydrogen-bond acceptors (Lipinski definition) is 4. The van der Waals surface area contributed by atoms with Crippen LogP contribution >= 0.6 is 22.9 Å². The molecule has 0 amide bonds. The number of aromatic nitrogens is 2. The summed E-state index contributed by atoms with van der Waals surface area (Å²) in [7, 11) is 1.65. The number of ether oxygens (including phenoxy) is 1. The van der Waals surface area contributed by atoms with Gasteiger partial charge in [-0.3, -0.25) is 4.40 Å². The lowest BCUT2D eigenvalue weighted by molar-refractivity contribution is 0.391. The zero-order valence-corrected chi connectivity index (χ0v) is 13.4. The van der Waals surface area contributed by atoms with Crippen molar-refractivity contribution in [3.05, 3.63) is 52.1 Å². The molecule has 1 aromatic carbocycles. The Balaban J connectivity index is 1.76. The summed E-state index contributed by atoms with van der Waals surface area (Å²) in [5, 5.41) is 6.27. The molecule has 6 heteroatoms. The SMILES string of the molecule is COc1nc2sccn2c1CN[C@H](C)c1ccc(Cl)cc1. The standard InChI is InChI=1S/C15H16ClN3OS/c1-10(11-3-5-12(16)6-4-11)17-9-13-14(20-2)18-15-19(13)7-8-21-15/h3-8,10,17H,9H2,1-2H3/t10-/m1/s1. The first kappa shape index (κ1) is 14.4. The van der Waals surface area contributed by atoms with Gasteiger partial charge >= 0.3 is 0 Å². The summed E-state index contributed by atoms with van der Waals surface area (Å²) in [6.07, 6.45) is 2.01. The highest BCUT2D eigenvalue weighted by atomic mass is 35.5. The number of hydrogen-bond donors (Lipinski definition) is 1. The van der Waals surface area contributed by atoms with Crippen molar-refractivity contribution < 1.29 is 4.74 Å². The van der Waals surface area contributed by atoms with Crippen LogP contribution < -0.4 is 10.1 Å². The summed E-state index contributed by atoms with van der Waals surface area (Å²) in [4.78, 5) is 5.40. The van der Waals surface area contributed by atoms with Crippen LogP contribution in [0.25, 0.3) is 4.96 Å². The number of nitrogens with one attached hydrogen (secondary N) is 1. The van der Waals surface area contributed by atoms with Crippen LogP contribution in [0.5, 0.6) is 5.88 Å². The van der Waals surface area contributed by atoms with Crippen LogP contribution in [-0.2, 0) is 6.54 Å². The van der Waals surface area contributed by atoms with Gasteiger partial charge < -0.3 is 10.1 Å². The van der Waals surface area contributed by atoms with Gasteiger partial charge in [0.1, 0.15) is 5.69 Å². The van der Waals surface area contributed by atoms with Crippen LogP contribution in [0.15, 0.2) is 35.8 Å². The molecule has 1 N–H and O–H groups in total. The molecule has 3 aromatic rings. The number of fused-ring (bicyclic) bond motifs is 1. The Hall–Kier alpha value is -1.56. The molecule has 1 atom stereocenters. The molecule has 3 rings (SSSR count). The second kappa shape index (κ2) is 6.05. The van der Waals surface area contributed by atoms with E-state index in [1.807, 2.05) is 35.8 Å². The van der Waals surface area contributed by atoms with Crippen molar-refractivity contribution in [1.82, 2.24) is 14.7 Å². The predicted octanol–water partition coefficient (Wildman–Crippen LogP) is 3.91. The van der Waals surface area contributed by atoms with Gasteiger partial charge in [-0.15, -0.1) is 11.3 Å². The minimum Gasteiger partial charge on any atom is -0.480 e. The monoisotopic (exact) mass is 321 g/mol. The highest BCUT2D eigenvalue weighted by Gasteiger charge is 2.14. The molecule has 0 fully saturated rings. The minimum atomic E-state index is 0.219. The van der Waals surface area contributed by atoms with Crippen LogP contribution in [0.2, 0.25) is 5.02 Å². The molecule has 2 aromatic heterocycles. The molecule has 0 saturated heterocycles. The number of benzene rings is 1. The molecule has 110 valence electrons. The lowest BCUT2D eigenvalue weighted by Gasteiger charge is -2.14. The van der Waals surface area contributed by atoms with Gasteiger partial charge in [0.2, 0.25) is 5.88 Å².